The van der Waals surface area contributed by atoms with Gasteiger partial charge in [-0.2, -0.15) is 0 Å². The number of carbonyl (C=O) groups excluding carboxylic acids is 1. The van der Waals surface area contributed by atoms with E-state index in [1.165, 1.54) is 26.2 Å². The predicted octanol–water partition coefficient (Wildman–Crippen LogP) is 1.08. The Kier molecular flexibility index (Phi) is 3.06. The summed E-state index contributed by atoms with van der Waals surface area (Å²) in [5.41, 5.74) is 0.476. The number of nitrogens with zero attached hydrogens (tertiary/aromatic N) is 1. The van der Waals surface area contributed by atoms with E-state index in [9.17, 15) is 13.2 Å². The van der Waals surface area contributed by atoms with E-state index in [1.54, 1.807) is 19.9 Å². The molecule has 0 spiro atoms. The highest BCUT2D eigenvalue weighted by Crippen LogP contribution is 2.33. The first-order valence-corrected chi connectivity index (χ1v) is 7.25. The van der Waals surface area contributed by atoms with Crippen LogP contribution >= 0.6 is 0 Å². The van der Waals surface area contributed by atoms with Crippen molar-refractivity contribution in [1.82, 2.24) is 4.31 Å². The lowest BCUT2D eigenvalue weighted by atomic mass is 10.0. The number of carbonyl (C=O) groups is 1. The molecular weight excluding hydrogens is 266 g/mol. The van der Waals surface area contributed by atoms with Crippen LogP contribution in [-0.4, -0.2) is 38.3 Å². The molecule has 1 heterocycles. The summed E-state index contributed by atoms with van der Waals surface area (Å²) in [7, 11) is -0.568. The Hall–Kier alpha value is -1.60. The number of hydrogen-bond acceptors (Lipinski definition) is 4. The summed E-state index contributed by atoms with van der Waals surface area (Å²) in [4.78, 5) is 12.0. The smallest absolute Gasteiger partial charge is 0.249 e. The first-order valence-electron chi connectivity index (χ1n) is 5.81. The van der Waals surface area contributed by atoms with Crippen molar-refractivity contribution in [1.29, 1.82) is 0 Å². The minimum atomic E-state index is -3.50. The van der Waals surface area contributed by atoms with Crippen molar-refractivity contribution < 1.29 is 13.2 Å². The zero-order valence-electron chi connectivity index (χ0n) is 11.3. The first-order chi connectivity index (χ1) is 8.64. The first kappa shape index (κ1) is 13.8. The average Bonchev–Trinajstić information content (AvgIpc) is 2.29. The third-order valence-electron chi connectivity index (χ3n) is 3.03. The molecule has 0 saturated heterocycles. The summed E-state index contributed by atoms with van der Waals surface area (Å²) in [6, 6.07) is 4.65. The Morgan fingerprint density at radius 1 is 1.16 bits per heavy atom. The predicted molar refractivity (Wildman–Crippen MR) is 73.6 cm³/mol. The highest BCUT2D eigenvalue weighted by molar-refractivity contribution is 7.89. The molecule has 0 aliphatic carbocycles. The topological polar surface area (TPSA) is 78.5 Å². The van der Waals surface area contributed by atoms with Crippen molar-refractivity contribution in [2.45, 2.75) is 24.3 Å². The molecular formula is C12H17N3O3S. The maximum Gasteiger partial charge on any atom is 0.249 e. The maximum atomic E-state index is 12.0. The van der Waals surface area contributed by atoms with Crippen LogP contribution < -0.4 is 10.6 Å². The molecule has 0 bridgehead atoms. The Morgan fingerprint density at radius 3 is 2.37 bits per heavy atom. The van der Waals surface area contributed by atoms with E-state index in [1.807, 2.05) is 0 Å². The monoisotopic (exact) mass is 283 g/mol. The van der Waals surface area contributed by atoms with Crippen LogP contribution in [0.3, 0.4) is 0 Å². The molecule has 0 atom stereocenters. The third kappa shape index (κ3) is 2.31. The van der Waals surface area contributed by atoms with Gasteiger partial charge in [0.15, 0.2) is 0 Å². The molecule has 2 N–H and O–H groups in total. The van der Waals surface area contributed by atoms with Crippen LogP contribution in [0.1, 0.15) is 13.8 Å². The van der Waals surface area contributed by atoms with Crippen LogP contribution in [0.2, 0.25) is 0 Å². The molecule has 19 heavy (non-hydrogen) atoms. The van der Waals surface area contributed by atoms with Gasteiger partial charge in [-0.05, 0) is 32.0 Å². The van der Waals surface area contributed by atoms with E-state index in [0.717, 1.165) is 4.31 Å². The maximum absolute atomic E-state index is 12.0. The molecule has 0 unspecified atom stereocenters. The molecule has 7 heteroatoms. The number of benzene rings is 1. The molecule has 0 aromatic heterocycles. The van der Waals surface area contributed by atoms with Crippen molar-refractivity contribution >= 4 is 27.3 Å². The minimum absolute atomic E-state index is 0.151. The van der Waals surface area contributed by atoms with Gasteiger partial charge in [0.1, 0.15) is 5.54 Å². The quantitative estimate of drug-likeness (QED) is 0.851. The number of anilines is 2. The Bertz CT molecular complexity index is 636. The molecule has 6 nitrogen and oxygen atoms in total. The normalized spacial score (nSPS) is 17.6. The van der Waals surface area contributed by atoms with Gasteiger partial charge in [-0.3, -0.25) is 4.79 Å². The van der Waals surface area contributed by atoms with E-state index in [-0.39, 0.29) is 10.8 Å². The zero-order chi connectivity index (χ0) is 14.4. The van der Waals surface area contributed by atoms with E-state index in [4.69, 9.17) is 0 Å². The average molecular weight is 283 g/mol. The van der Waals surface area contributed by atoms with E-state index in [2.05, 4.69) is 10.6 Å². The molecule has 1 amide bonds. The Balaban J connectivity index is 2.48. The van der Waals surface area contributed by atoms with E-state index < -0.39 is 15.6 Å². The molecule has 0 radical (unpaired) electrons. The molecule has 104 valence electrons. The summed E-state index contributed by atoms with van der Waals surface area (Å²) in [5.74, 6) is -0.195. The molecule has 1 aromatic rings. The lowest BCUT2D eigenvalue weighted by molar-refractivity contribution is -0.119. The molecule has 1 aliphatic heterocycles. The highest BCUT2D eigenvalue weighted by atomic mass is 32.2. The summed E-state index contributed by atoms with van der Waals surface area (Å²) in [6.45, 7) is 3.52. The van der Waals surface area contributed by atoms with Crippen molar-refractivity contribution in [3.05, 3.63) is 18.2 Å². The van der Waals surface area contributed by atoms with Crippen molar-refractivity contribution in [3.8, 4) is 0 Å². The Morgan fingerprint density at radius 2 is 1.79 bits per heavy atom. The van der Waals surface area contributed by atoms with Crippen LogP contribution in [-0.2, 0) is 14.8 Å². The van der Waals surface area contributed by atoms with Crippen LogP contribution in [0.25, 0.3) is 0 Å². The van der Waals surface area contributed by atoms with Gasteiger partial charge < -0.3 is 10.6 Å². The number of nitrogens with one attached hydrogen (secondary N) is 2. The SMILES string of the molecule is CN(C)S(=O)(=O)c1ccc2c(c1)NC(=O)C(C)(C)N2. The fourth-order valence-electron chi connectivity index (χ4n) is 1.78. The number of amides is 1. The standard InChI is InChI=1S/C12H17N3O3S/c1-12(2)11(16)13-10-7-8(5-6-9(10)14-12)19(17,18)15(3)4/h5-7,14H,1-4H3,(H,13,16). The van der Waals surface area contributed by atoms with Gasteiger partial charge in [-0.25, -0.2) is 12.7 Å². The number of sulfonamides is 1. The van der Waals surface area contributed by atoms with Gasteiger partial charge in [-0.15, -0.1) is 0 Å². The van der Waals surface area contributed by atoms with E-state index in [0.29, 0.717) is 11.4 Å². The van der Waals surface area contributed by atoms with Gasteiger partial charge in [0, 0.05) is 14.1 Å². The number of hydrogen-bond donors (Lipinski definition) is 2. The zero-order valence-corrected chi connectivity index (χ0v) is 12.1. The van der Waals surface area contributed by atoms with Crippen LogP contribution in [0.4, 0.5) is 11.4 Å². The van der Waals surface area contributed by atoms with Gasteiger partial charge >= 0.3 is 0 Å². The molecule has 0 fully saturated rings. The second kappa shape index (κ2) is 4.21. The van der Waals surface area contributed by atoms with Crippen molar-refractivity contribution in [3.63, 3.8) is 0 Å². The number of rotatable bonds is 2. The Labute approximate surface area is 112 Å². The fraction of sp³-hybridized carbons (Fsp3) is 0.417. The minimum Gasteiger partial charge on any atom is -0.370 e. The van der Waals surface area contributed by atoms with Gasteiger partial charge in [0.05, 0.1) is 16.3 Å². The second-order valence-electron chi connectivity index (χ2n) is 5.20. The summed E-state index contributed by atoms with van der Waals surface area (Å²) in [6.07, 6.45) is 0. The highest BCUT2D eigenvalue weighted by Gasteiger charge is 2.33. The molecule has 1 aliphatic rings. The van der Waals surface area contributed by atoms with E-state index >= 15 is 0 Å². The number of fused-ring (bicyclic) bond motifs is 1. The summed E-state index contributed by atoms with van der Waals surface area (Å²) < 4.78 is 25.2. The van der Waals surface area contributed by atoms with Gasteiger partial charge in [0.25, 0.3) is 0 Å². The van der Waals surface area contributed by atoms with Gasteiger partial charge in [-0.1, -0.05) is 0 Å². The van der Waals surface area contributed by atoms with Crippen LogP contribution in [0, 0.1) is 0 Å². The second-order valence-corrected chi connectivity index (χ2v) is 7.35. The largest absolute Gasteiger partial charge is 0.370 e. The van der Waals surface area contributed by atoms with Crippen LogP contribution in [0.5, 0.6) is 0 Å². The van der Waals surface area contributed by atoms with Crippen molar-refractivity contribution in [2.24, 2.45) is 0 Å². The van der Waals surface area contributed by atoms with Gasteiger partial charge in [0.2, 0.25) is 15.9 Å². The lowest BCUT2D eigenvalue weighted by Gasteiger charge is -2.33. The molecule has 2 rings (SSSR count). The van der Waals surface area contributed by atoms with Crippen LogP contribution in [0.15, 0.2) is 23.1 Å². The van der Waals surface area contributed by atoms with Crippen molar-refractivity contribution in [2.75, 3.05) is 24.7 Å². The third-order valence-corrected chi connectivity index (χ3v) is 4.84. The summed E-state index contributed by atoms with van der Waals surface area (Å²) >= 11 is 0. The summed E-state index contributed by atoms with van der Waals surface area (Å²) in [5, 5.41) is 5.79. The molecule has 1 aromatic carbocycles. The lowest BCUT2D eigenvalue weighted by Crippen LogP contribution is -2.47. The fourth-order valence-corrected chi connectivity index (χ4v) is 2.71. The molecule has 0 saturated carbocycles.